The zero-order valence-electron chi connectivity index (χ0n) is 10.3. The molecule has 0 aliphatic heterocycles. The van der Waals surface area contributed by atoms with Crippen molar-refractivity contribution in [1.82, 2.24) is 0 Å². The topological polar surface area (TPSA) is 35.8 Å². The monoisotopic (exact) mass is 256 g/mol. The Morgan fingerprint density at radius 1 is 1.06 bits per heavy atom. The lowest BCUT2D eigenvalue weighted by Gasteiger charge is -2.11. The summed E-state index contributed by atoms with van der Waals surface area (Å²) >= 11 is 6.18. The third kappa shape index (κ3) is 2.64. The molecule has 2 aromatic rings. The summed E-state index contributed by atoms with van der Waals surface area (Å²) in [6, 6.07) is 13.5. The van der Waals surface area contributed by atoms with Gasteiger partial charge in [-0.25, -0.2) is 0 Å². The van der Waals surface area contributed by atoms with Gasteiger partial charge in [0.05, 0.1) is 22.3 Å². The third-order valence-electron chi connectivity index (χ3n) is 2.75. The molecule has 0 spiro atoms. The quantitative estimate of drug-likeness (QED) is 0.854. The van der Waals surface area contributed by atoms with E-state index in [1.165, 1.54) is 0 Å². The van der Waals surface area contributed by atoms with Gasteiger partial charge in [0.2, 0.25) is 0 Å². The van der Waals surface area contributed by atoms with Crippen LogP contribution in [0.1, 0.15) is 16.7 Å². The summed E-state index contributed by atoms with van der Waals surface area (Å²) in [5, 5.41) is 12.8. The molecule has 2 rings (SSSR count). The molecular weight excluding hydrogens is 244 g/mol. The molecule has 0 fully saturated rings. The van der Waals surface area contributed by atoms with Gasteiger partial charge in [-0.3, -0.25) is 0 Å². The lowest BCUT2D eigenvalue weighted by atomic mass is 10.1. The average Bonchev–Trinajstić information content (AvgIpc) is 2.34. The predicted molar refractivity (Wildman–Crippen MR) is 75.4 cm³/mol. The van der Waals surface area contributed by atoms with Crippen LogP contribution in [0.2, 0.25) is 5.02 Å². The van der Waals surface area contributed by atoms with E-state index in [1.807, 2.05) is 44.2 Å². The number of rotatable bonds is 2. The zero-order chi connectivity index (χ0) is 13.1. The molecule has 2 aromatic carbocycles. The molecule has 0 radical (unpaired) electrons. The Hall–Kier alpha value is -1.98. The predicted octanol–water partition coefficient (Wildman–Crippen LogP) is 4.57. The standard InChI is InChI=1S/C15H13ClN2/c1-10-3-5-15(13(16)7-10)18-14-6-4-12(9-17)8-11(14)2/h3-8,18H,1-2H3. The van der Waals surface area contributed by atoms with Crippen LogP contribution < -0.4 is 5.32 Å². The first-order valence-electron chi connectivity index (χ1n) is 5.64. The van der Waals surface area contributed by atoms with Gasteiger partial charge in [0.15, 0.2) is 0 Å². The van der Waals surface area contributed by atoms with Crippen molar-refractivity contribution in [3.05, 3.63) is 58.1 Å². The van der Waals surface area contributed by atoms with Gasteiger partial charge in [-0.15, -0.1) is 0 Å². The van der Waals surface area contributed by atoms with Crippen LogP contribution in [0.15, 0.2) is 36.4 Å². The van der Waals surface area contributed by atoms with E-state index in [4.69, 9.17) is 16.9 Å². The number of benzene rings is 2. The fraction of sp³-hybridized carbons (Fsp3) is 0.133. The third-order valence-corrected chi connectivity index (χ3v) is 3.06. The highest BCUT2D eigenvalue weighted by atomic mass is 35.5. The van der Waals surface area contributed by atoms with Gasteiger partial charge in [0, 0.05) is 5.69 Å². The van der Waals surface area contributed by atoms with Gasteiger partial charge in [-0.2, -0.15) is 5.26 Å². The lowest BCUT2D eigenvalue weighted by Crippen LogP contribution is -1.94. The van der Waals surface area contributed by atoms with Crippen LogP contribution in [0.25, 0.3) is 0 Å². The second-order valence-electron chi connectivity index (χ2n) is 4.25. The lowest BCUT2D eigenvalue weighted by molar-refractivity contribution is 1.39. The van der Waals surface area contributed by atoms with E-state index in [0.717, 1.165) is 22.5 Å². The normalized spacial score (nSPS) is 9.89. The molecular formula is C15H13ClN2. The minimum Gasteiger partial charge on any atom is -0.354 e. The number of nitrogens with one attached hydrogen (secondary N) is 1. The molecule has 0 aliphatic carbocycles. The number of hydrogen-bond donors (Lipinski definition) is 1. The van der Waals surface area contributed by atoms with Crippen LogP contribution in [0.5, 0.6) is 0 Å². The fourth-order valence-electron chi connectivity index (χ4n) is 1.74. The zero-order valence-corrected chi connectivity index (χ0v) is 11.0. The van der Waals surface area contributed by atoms with Crippen LogP contribution in [0.3, 0.4) is 0 Å². The van der Waals surface area contributed by atoms with E-state index >= 15 is 0 Å². The van der Waals surface area contributed by atoms with E-state index < -0.39 is 0 Å². The number of nitrogens with zero attached hydrogens (tertiary/aromatic N) is 1. The summed E-state index contributed by atoms with van der Waals surface area (Å²) in [7, 11) is 0. The molecule has 0 unspecified atom stereocenters. The Bertz CT molecular complexity index is 627. The highest BCUT2D eigenvalue weighted by molar-refractivity contribution is 6.33. The first-order valence-corrected chi connectivity index (χ1v) is 6.02. The van der Waals surface area contributed by atoms with Crippen molar-refractivity contribution in [3.8, 4) is 6.07 Å². The average molecular weight is 257 g/mol. The molecule has 0 aromatic heterocycles. The molecule has 0 heterocycles. The minimum atomic E-state index is 0.660. The SMILES string of the molecule is Cc1ccc(Nc2ccc(C#N)cc2C)c(Cl)c1. The molecule has 0 amide bonds. The van der Waals surface area contributed by atoms with Crippen LogP contribution >= 0.6 is 11.6 Å². The summed E-state index contributed by atoms with van der Waals surface area (Å²) in [6.07, 6.45) is 0. The van der Waals surface area contributed by atoms with Crippen LogP contribution in [0, 0.1) is 25.2 Å². The number of hydrogen-bond acceptors (Lipinski definition) is 2. The van der Waals surface area contributed by atoms with Crippen LogP contribution in [0.4, 0.5) is 11.4 Å². The van der Waals surface area contributed by atoms with Crippen molar-refractivity contribution < 1.29 is 0 Å². The van der Waals surface area contributed by atoms with Crippen molar-refractivity contribution in [2.75, 3.05) is 5.32 Å². The highest BCUT2D eigenvalue weighted by Crippen LogP contribution is 2.28. The Labute approximate surface area is 112 Å². The van der Waals surface area contributed by atoms with Crippen molar-refractivity contribution in [2.45, 2.75) is 13.8 Å². The summed E-state index contributed by atoms with van der Waals surface area (Å²) in [5.41, 5.74) is 4.63. The molecule has 18 heavy (non-hydrogen) atoms. The van der Waals surface area contributed by atoms with Gasteiger partial charge >= 0.3 is 0 Å². The minimum absolute atomic E-state index is 0.660. The van der Waals surface area contributed by atoms with Gasteiger partial charge in [0.1, 0.15) is 0 Å². The van der Waals surface area contributed by atoms with Crippen molar-refractivity contribution in [2.24, 2.45) is 0 Å². The molecule has 3 heteroatoms. The van der Waals surface area contributed by atoms with Gasteiger partial charge in [-0.1, -0.05) is 17.7 Å². The fourth-order valence-corrected chi connectivity index (χ4v) is 2.02. The largest absolute Gasteiger partial charge is 0.354 e. The molecule has 2 nitrogen and oxygen atoms in total. The maximum atomic E-state index is 8.83. The van der Waals surface area contributed by atoms with E-state index in [0.29, 0.717) is 10.6 Å². The molecule has 0 atom stereocenters. The molecule has 0 bridgehead atoms. The van der Waals surface area contributed by atoms with Crippen molar-refractivity contribution in [1.29, 1.82) is 5.26 Å². The van der Waals surface area contributed by atoms with Gasteiger partial charge in [0.25, 0.3) is 0 Å². The van der Waals surface area contributed by atoms with Crippen molar-refractivity contribution in [3.63, 3.8) is 0 Å². The molecule has 0 saturated heterocycles. The van der Waals surface area contributed by atoms with Crippen LogP contribution in [-0.4, -0.2) is 0 Å². The Morgan fingerprint density at radius 3 is 2.39 bits per heavy atom. The Balaban J connectivity index is 2.32. The summed E-state index contributed by atoms with van der Waals surface area (Å²) in [6.45, 7) is 3.97. The number of aryl methyl sites for hydroxylation is 2. The summed E-state index contributed by atoms with van der Waals surface area (Å²) in [5.74, 6) is 0. The van der Waals surface area contributed by atoms with E-state index in [2.05, 4.69) is 11.4 Å². The second kappa shape index (κ2) is 5.12. The second-order valence-corrected chi connectivity index (χ2v) is 4.66. The smallest absolute Gasteiger partial charge is 0.0991 e. The Kier molecular flexibility index (Phi) is 3.55. The Morgan fingerprint density at radius 2 is 1.78 bits per heavy atom. The first-order chi connectivity index (χ1) is 8.60. The molecule has 90 valence electrons. The maximum absolute atomic E-state index is 8.83. The van der Waals surface area contributed by atoms with Crippen molar-refractivity contribution >= 4 is 23.0 Å². The van der Waals surface area contributed by atoms with E-state index in [1.54, 1.807) is 6.07 Å². The maximum Gasteiger partial charge on any atom is 0.0991 e. The highest BCUT2D eigenvalue weighted by Gasteiger charge is 2.04. The summed E-state index contributed by atoms with van der Waals surface area (Å²) < 4.78 is 0. The molecule has 1 N–H and O–H groups in total. The number of halogens is 1. The molecule has 0 saturated carbocycles. The number of anilines is 2. The number of nitriles is 1. The van der Waals surface area contributed by atoms with E-state index in [9.17, 15) is 0 Å². The first kappa shape index (κ1) is 12.5. The summed E-state index contributed by atoms with van der Waals surface area (Å²) in [4.78, 5) is 0. The van der Waals surface area contributed by atoms with Gasteiger partial charge < -0.3 is 5.32 Å². The van der Waals surface area contributed by atoms with Gasteiger partial charge in [-0.05, 0) is 55.3 Å². The van der Waals surface area contributed by atoms with Crippen LogP contribution in [-0.2, 0) is 0 Å². The van der Waals surface area contributed by atoms with E-state index in [-0.39, 0.29) is 0 Å². The molecule has 0 aliphatic rings.